The second-order valence-electron chi connectivity index (χ2n) is 7.23. The van der Waals surface area contributed by atoms with Gasteiger partial charge in [0.25, 0.3) is 5.91 Å². The summed E-state index contributed by atoms with van der Waals surface area (Å²) in [6.45, 7) is 4.31. The minimum Gasteiger partial charge on any atom is -0.493 e. The van der Waals surface area contributed by atoms with Crippen molar-refractivity contribution < 1.29 is 23.8 Å². The fourth-order valence-electron chi connectivity index (χ4n) is 2.91. The Bertz CT molecular complexity index is 711. The lowest BCUT2D eigenvalue weighted by Gasteiger charge is -2.14. The van der Waals surface area contributed by atoms with E-state index < -0.39 is 5.97 Å². The maximum Gasteiger partial charge on any atom is 0.331 e. The van der Waals surface area contributed by atoms with Crippen LogP contribution in [0.15, 0.2) is 18.2 Å². The van der Waals surface area contributed by atoms with Crippen LogP contribution in [0.2, 0.25) is 5.02 Å². The van der Waals surface area contributed by atoms with Gasteiger partial charge in [0.15, 0.2) is 18.1 Å². The monoisotopic (exact) mass is 409 g/mol. The summed E-state index contributed by atoms with van der Waals surface area (Å²) in [6, 6.07) is 3.60. The highest BCUT2D eigenvalue weighted by atomic mass is 35.5. The van der Waals surface area contributed by atoms with Gasteiger partial charge in [0.1, 0.15) is 0 Å². The third kappa shape index (κ3) is 7.08. The van der Waals surface area contributed by atoms with Crippen molar-refractivity contribution in [1.29, 1.82) is 0 Å². The first-order chi connectivity index (χ1) is 13.4. The third-order valence-electron chi connectivity index (χ3n) is 4.29. The van der Waals surface area contributed by atoms with Gasteiger partial charge in [0.2, 0.25) is 0 Å². The van der Waals surface area contributed by atoms with Crippen molar-refractivity contribution in [3.8, 4) is 11.5 Å². The molecule has 0 atom stereocenters. The number of ether oxygens (including phenoxy) is 3. The quantitative estimate of drug-likeness (QED) is 0.493. The number of carbonyl (C=O) groups is 2. The average Bonchev–Trinajstić information content (AvgIpc) is 3.16. The summed E-state index contributed by atoms with van der Waals surface area (Å²) in [5.41, 5.74) is 0.658. The minimum absolute atomic E-state index is 0.202. The molecule has 2 rings (SSSR count). The zero-order valence-corrected chi connectivity index (χ0v) is 17.4. The Morgan fingerprint density at radius 1 is 1.29 bits per heavy atom. The number of hydrogen-bond donors (Lipinski definition) is 1. The number of methoxy groups -OCH3 is 1. The van der Waals surface area contributed by atoms with Gasteiger partial charge in [-0.15, -0.1) is 0 Å². The number of carbonyl (C=O) groups excluding carboxylic acids is 2. The Balaban J connectivity index is 1.90. The molecule has 0 radical (unpaired) electrons. The van der Waals surface area contributed by atoms with Gasteiger partial charge in [0.05, 0.1) is 18.7 Å². The Labute approximate surface area is 171 Å². The van der Waals surface area contributed by atoms with Gasteiger partial charge in [-0.2, -0.15) is 0 Å². The average molecular weight is 410 g/mol. The van der Waals surface area contributed by atoms with Crippen molar-refractivity contribution in [2.75, 3.05) is 20.3 Å². The number of benzene rings is 1. The standard InChI is InChI=1S/C21H28ClNO5/c1-14(2)12-28-21-17(22)10-15(11-18(21)26-3)8-9-20(25)27-13-19(24)23-16-6-4-5-7-16/h8-11,14,16H,4-7,12-13H2,1-3H3,(H,23,24)/b9-8+. The zero-order chi connectivity index (χ0) is 20.5. The molecule has 0 bridgehead atoms. The van der Waals surface area contributed by atoms with E-state index in [0.29, 0.717) is 34.6 Å². The van der Waals surface area contributed by atoms with E-state index >= 15 is 0 Å². The second kappa shape index (κ2) is 11.0. The topological polar surface area (TPSA) is 73.9 Å². The Hall–Kier alpha value is -2.21. The van der Waals surface area contributed by atoms with Crippen molar-refractivity contribution in [3.05, 3.63) is 28.8 Å². The lowest BCUT2D eigenvalue weighted by atomic mass is 10.2. The lowest BCUT2D eigenvalue weighted by molar-refractivity contribution is -0.144. The molecule has 0 unspecified atom stereocenters. The number of nitrogens with one attached hydrogen (secondary N) is 1. The van der Waals surface area contributed by atoms with E-state index in [4.69, 9.17) is 25.8 Å². The molecule has 1 amide bonds. The first kappa shape index (κ1) is 22.1. The summed E-state index contributed by atoms with van der Waals surface area (Å²) >= 11 is 6.29. The molecule has 0 saturated heterocycles. The molecule has 1 aliphatic carbocycles. The Kier molecular flexibility index (Phi) is 8.64. The molecule has 1 aromatic carbocycles. The molecule has 0 aromatic heterocycles. The molecule has 7 heteroatoms. The highest BCUT2D eigenvalue weighted by Crippen LogP contribution is 2.37. The molecule has 6 nitrogen and oxygen atoms in total. The second-order valence-corrected chi connectivity index (χ2v) is 7.64. The van der Waals surface area contributed by atoms with Gasteiger partial charge >= 0.3 is 5.97 Å². The van der Waals surface area contributed by atoms with Crippen molar-refractivity contribution in [3.63, 3.8) is 0 Å². The minimum atomic E-state index is -0.600. The van der Waals surface area contributed by atoms with Crippen LogP contribution >= 0.6 is 11.6 Å². The molecule has 28 heavy (non-hydrogen) atoms. The van der Waals surface area contributed by atoms with E-state index in [2.05, 4.69) is 5.32 Å². The number of esters is 1. The summed E-state index contributed by atoms with van der Waals surface area (Å²) in [7, 11) is 1.53. The van der Waals surface area contributed by atoms with E-state index in [-0.39, 0.29) is 18.6 Å². The maximum absolute atomic E-state index is 11.9. The zero-order valence-electron chi connectivity index (χ0n) is 16.6. The van der Waals surface area contributed by atoms with E-state index in [1.807, 2.05) is 13.8 Å². The molecule has 0 heterocycles. The van der Waals surface area contributed by atoms with Crippen LogP contribution in [0.5, 0.6) is 11.5 Å². The SMILES string of the molecule is COc1cc(/C=C/C(=O)OCC(=O)NC2CCCC2)cc(Cl)c1OCC(C)C. The summed E-state index contributed by atoms with van der Waals surface area (Å²) in [5, 5.41) is 3.26. The predicted octanol–water partition coefficient (Wildman–Crippen LogP) is 4.00. The van der Waals surface area contributed by atoms with Crippen LogP contribution in [-0.2, 0) is 14.3 Å². The van der Waals surface area contributed by atoms with Crippen LogP contribution in [0.3, 0.4) is 0 Å². The first-order valence-corrected chi connectivity index (χ1v) is 9.91. The fraction of sp³-hybridized carbons (Fsp3) is 0.524. The Morgan fingerprint density at radius 3 is 2.64 bits per heavy atom. The summed E-state index contributed by atoms with van der Waals surface area (Å²) in [6.07, 6.45) is 7.03. The van der Waals surface area contributed by atoms with Crippen LogP contribution in [0.4, 0.5) is 0 Å². The van der Waals surface area contributed by atoms with E-state index in [9.17, 15) is 9.59 Å². The first-order valence-electron chi connectivity index (χ1n) is 9.53. The number of amides is 1. The predicted molar refractivity (Wildman–Crippen MR) is 109 cm³/mol. The van der Waals surface area contributed by atoms with Gasteiger partial charge in [0, 0.05) is 12.1 Å². The van der Waals surface area contributed by atoms with Crippen LogP contribution in [0.25, 0.3) is 6.08 Å². The fourth-order valence-corrected chi connectivity index (χ4v) is 3.19. The molecule has 154 valence electrons. The van der Waals surface area contributed by atoms with Crippen LogP contribution in [0.1, 0.15) is 45.1 Å². The maximum atomic E-state index is 11.9. The van der Waals surface area contributed by atoms with E-state index in [1.54, 1.807) is 18.2 Å². The van der Waals surface area contributed by atoms with Gasteiger partial charge in [-0.3, -0.25) is 4.79 Å². The van der Waals surface area contributed by atoms with Crippen molar-refractivity contribution in [2.24, 2.45) is 5.92 Å². The van der Waals surface area contributed by atoms with Crippen LogP contribution in [-0.4, -0.2) is 38.2 Å². The van der Waals surface area contributed by atoms with E-state index in [0.717, 1.165) is 25.7 Å². The molecular weight excluding hydrogens is 382 g/mol. The van der Waals surface area contributed by atoms with Crippen molar-refractivity contribution in [1.82, 2.24) is 5.32 Å². The van der Waals surface area contributed by atoms with Crippen molar-refractivity contribution in [2.45, 2.75) is 45.6 Å². The molecule has 1 aromatic rings. The molecule has 1 N–H and O–H groups in total. The van der Waals surface area contributed by atoms with Gasteiger partial charge < -0.3 is 19.5 Å². The molecule has 0 spiro atoms. The number of rotatable bonds is 9. The van der Waals surface area contributed by atoms with Gasteiger partial charge in [-0.1, -0.05) is 38.3 Å². The van der Waals surface area contributed by atoms with Gasteiger partial charge in [-0.05, 0) is 42.5 Å². The smallest absolute Gasteiger partial charge is 0.331 e. The molecule has 1 fully saturated rings. The van der Waals surface area contributed by atoms with Crippen molar-refractivity contribution >= 4 is 29.6 Å². The highest BCUT2D eigenvalue weighted by Gasteiger charge is 2.17. The molecule has 1 aliphatic rings. The highest BCUT2D eigenvalue weighted by molar-refractivity contribution is 6.32. The molecule has 1 saturated carbocycles. The normalized spacial score (nSPS) is 14.5. The Morgan fingerprint density at radius 2 is 2.00 bits per heavy atom. The summed E-state index contributed by atoms with van der Waals surface area (Å²) < 4.78 is 16.0. The van der Waals surface area contributed by atoms with E-state index in [1.165, 1.54) is 13.2 Å². The molecule has 0 aliphatic heterocycles. The summed E-state index contributed by atoms with van der Waals surface area (Å²) in [5.74, 6) is 0.432. The lowest BCUT2D eigenvalue weighted by Crippen LogP contribution is -2.35. The molecular formula is C21H28ClNO5. The number of hydrogen-bond acceptors (Lipinski definition) is 5. The van der Waals surface area contributed by atoms with Crippen LogP contribution in [0, 0.1) is 5.92 Å². The largest absolute Gasteiger partial charge is 0.493 e. The summed E-state index contributed by atoms with van der Waals surface area (Å²) in [4.78, 5) is 23.7. The van der Waals surface area contributed by atoms with Crippen LogP contribution < -0.4 is 14.8 Å². The third-order valence-corrected chi connectivity index (χ3v) is 4.57. The number of halogens is 1. The van der Waals surface area contributed by atoms with Gasteiger partial charge in [-0.25, -0.2) is 4.79 Å².